The minimum Gasteiger partial charge on any atom is -0.477 e. The van der Waals surface area contributed by atoms with Crippen molar-refractivity contribution in [2.45, 2.75) is 38.3 Å². The normalized spacial score (nSPS) is 18.4. The molecule has 1 aromatic carbocycles. The number of hydrogen-bond acceptors (Lipinski definition) is 3. The van der Waals surface area contributed by atoms with Crippen molar-refractivity contribution in [3.8, 4) is 5.88 Å². The summed E-state index contributed by atoms with van der Waals surface area (Å²) < 4.78 is 5.86. The average Bonchev–Trinajstić information content (AvgIpc) is 3.37. The van der Waals surface area contributed by atoms with Gasteiger partial charge in [0.2, 0.25) is 5.88 Å². The lowest BCUT2D eigenvalue weighted by atomic mass is 10.1. The molecule has 0 unspecified atom stereocenters. The molecule has 4 rings (SSSR count). The van der Waals surface area contributed by atoms with Gasteiger partial charge in [0.1, 0.15) is 0 Å². The van der Waals surface area contributed by atoms with Gasteiger partial charge in [-0.25, -0.2) is 4.98 Å². The van der Waals surface area contributed by atoms with E-state index in [4.69, 9.17) is 4.74 Å². The number of aromatic nitrogens is 1. The van der Waals surface area contributed by atoms with Crippen molar-refractivity contribution in [2.24, 2.45) is 5.92 Å². The van der Waals surface area contributed by atoms with Crippen molar-refractivity contribution in [3.05, 3.63) is 35.9 Å². The van der Waals surface area contributed by atoms with E-state index in [9.17, 15) is 0 Å². The molecule has 0 radical (unpaired) electrons. The fraction of sp³-hybridized carbons (Fsp3) is 0.471. The number of nitrogens with one attached hydrogen (secondary N) is 1. The molecule has 1 N–H and O–H groups in total. The molecular formula is C17H20N2O. The second-order valence-electron chi connectivity index (χ2n) is 6.05. The molecule has 2 aromatic rings. The average molecular weight is 268 g/mol. The largest absolute Gasteiger partial charge is 0.477 e. The van der Waals surface area contributed by atoms with Crippen LogP contribution in [0, 0.1) is 5.92 Å². The highest BCUT2D eigenvalue weighted by atomic mass is 16.5. The van der Waals surface area contributed by atoms with Crippen LogP contribution in [0.15, 0.2) is 30.3 Å². The van der Waals surface area contributed by atoms with Gasteiger partial charge < -0.3 is 10.1 Å². The molecule has 3 nitrogen and oxygen atoms in total. The van der Waals surface area contributed by atoms with E-state index >= 15 is 0 Å². The summed E-state index contributed by atoms with van der Waals surface area (Å²) in [6, 6.07) is 11.2. The standard InChI is InChI=1S/C17H20N2O/c1-2-4-16-15(3-1)13(10-18-14-7-8-14)9-17(19-16)20-11-12-5-6-12/h1-4,9,12,14,18H,5-8,10-11H2. The number of benzene rings is 1. The lowest BCUT2D eigenvalue weighted by Gasteiger charge is -2.11. The van der Waals surface area contributed by atoms with E-state index in [1.54, 1.807) is 0 Å². The van der Waals surface area contributed by atoms with E-state index in [0.717, 1.165) is 36.5 Å². The second kappa shape index (κ2) is 5.06. The van der Waals surface area contributed by atoms with E-state index < -0.39 is 0 Å². The van der Waals surface area contributed by atoms with Gasteiger partial charge in [-0.15, -0.1) is 0 Å². The molecule has 20 heavy (non-hydrogen) atoms. The Bertz CT molecular complexity index is 617. The maximum Gasteiger partial charge on any atom is 0.214 e. The summed E-state index contributed by atoms with van der Waals surface area (Å²) in [4.78, 5) is 4.63. The van der Waals surface area contributed by atoms with Gasteiger partial charge in [-0.05, 0) is 43.2 Å². The summed E-state index contributed by atoms with van der Waals surface area (Å²) >= 11 is 0. The minimum atomic E-state index is 0.720. The summed E-state index contributed by atoms with van der Waals surface area (Å²) in [7, 11) is 0. The van der Waals surface area contributed by atoms with Crippen molar-refractivity contribution in [1.29, 1.82) is 0 Å². The molecule has 2 fully saturated rings. The molecule has 1 heterocycles. The van der Waals surface area contributed by atoms with E-state index in [0.29, 0.717) is 0 Å². The van der Waals surface area contributed by atoms with E-state index in [-0.39, 0.29) is 0 Å². The zero-order valence-electron chi connectivity index (χ0n) is 11.6. The Kier molecular flexibility index (Phi) is 3.07. The maximum absolute atomic E-state index is 5.86. The van der Waals surface area contributed by atoms with Gasteiger partial charge in [-0.3, -0.25) is 0 Å². The highest BCUT2D eigenvalue weighted by Crippen LogP contribution is 2.30. The molecule has 2 aliphatic rings. The van der Waals surface area contributed by atoms with E-state index in [2.05, 4.69) is 34.6 Å². The van der Waals surface area contributed by atoms with Gasteiger partial charge in [0, 0.05) is 24.0 Å². The van der Waals surface area contributed by atoms with Crippen LogP contribution in [0.5, 0.6) is 5.88 Å². The Hall–Kier alpha value is -1.61. The van der Waals surface area contributed by atoms with Gasteiger partial charge in [0.25, 0.3) is 0 Å². The van der Waals surface area contributed by atoms with Crippen LogP contribution < -0.4 is 10.1 Å². The fourth-order valence-corrected chi connectivity index (χ4v) is 2.47. The molecule has 104 valence electrons. The summed E-state index contributed by atoms with van der Waals surface area (Å²) in [5.41, 5.74) is 2.33. The predicted molar refractivity (Wildman–Crippen MR) is 79.8 cm³/mol. The molecule has 1 aromatic heterocycles. The van der Waals surface area contributed by atoms with Crippen LogP contribution in [0.4, 0.5) is 0 Å². The molecule has 0 spiro atoms. The lowest BCUT2D eigenvalue weighted by Crippen LogP contribution is -2.16. The number of pyridine rings is 1. The first kappa shape index (κ1) is 12.2. The first-order valence-corrected chi connectivity index (χ1v) is 7.63. The van der Waals surface area contributed by atoms with Crippen molar-refractivity contribution < 1.29 is 4.74 Å². The molecule has 0 bridgehead atoms. The summed E-state index contributed by atoms with van der Waals surface area (Å²) in [5.74, 6) is 1.54. The third kappa shape index (κ3) is 2.78. The fourth-order valence-electron chi connectivity index (χ4n) is 2.47. The Morgan fingerprint density at radius 1 is 1.15 bits per heavy atom. The zero-order chi connectivity index (χ0) is 13.4. The van der Waals surface area contributed by atoms with Crippen molar-refractivity contribution >= 4 is 10.9 Å². The highest BCUT2D eigenvalue weighted by Gasteiger charge is 2.23. The Morgan fingerprint density at radius 3 is 2.80 bits per heavy atom. The molecule has 2 aliphatic carbocycles. The first-order valence-electron chi connectivity index (χ1n) is 7.63. The monoisotopic (exact) mass is 268 g/mol. The predicted octanol–water partition coefficient (Wildman–Crippen LogP) is 3.28. The summed E-state index contributed by atoms with van der Waals surface area (Å²) in [6.07, 6.45) is 5.25. The number of para-hydroxylation sites is 1. The third-order valence-corrected chi connectivity index (χ3v) is 4.10. The Balaban J connectivity index is 1.61. The smallest absolute Gasteiger partial charge is 0.214 e. The topological polar surface area (TPSA) is 34.1 Å². The molecule has 3 heteroatoms. The highest BCUT2D eigenvalue weighted by molar-refractivity contribution is 5.82. The zero-order valence-corrected chi connectivity index (χ0v) is 11.6. The third-order valence-electron chi connectivity index (χ3n) is 4.10. The van der Waals surface area contributed by atoms with Crippen LogP contribution in [0.1, 0.15) is 31.2 Å². The Morgan fingerprint density at radius 2 is 2.00 bits per heavy atom. The first-order chi connectivity index (χ1) is 9.88. The van der Waals surface area contributed by atoms with Crippen molar-refractivity contribution in [1.82, 2.24) is 10.3 Å². The summed E-state index contributed by atoms with van der Waals surface area (Å²) in [6.45, 7) is 1.73. The van der Waals surface area contributed by atoms with Crippen LogP contribution in [-0.2, 0) is 6.54 Å². The van der Waals surface area contributed by atoms with Gasteiger partial charge in [-0.2, -0.15) is 0 Å². The molecular weight excluding hydrogens is 248 g/mol. The van der Waals surface area contributed by atoms with Gasteiger partial charge in [-0.1, -0.05) is 18.2 Å². The van der Waals surface area contributed by atoms with Gasteiger partial charge >= 0.3 is 0 Å². The van der Waals surface area contributed by atoms with Crippen LogP contribution in [0.25, 0.3) is 10.9 Å². The molecule has 0 saturated heterocycles. The number of fused-ring (bicyclic) bond motifs is 1. The Labute approximate surface area is 119 Å². The van der Waals surface area contributed by atoms with Gasteiger partial charge in [0.15, 0.2) is 0 Å². The van der Waals surface area contributed by atoms with Crippen LogP contribution in [0.3, 0.4) is 0 Å². The van der Waals surface area contributed by atoms with Crippen LogP contribution in [-0.4, -0.2) is 17.6 Å². The van der Waals surface area contributed by atoms with E-state index in [1.807, 2.05) is 6.07 Å². The molecule has 0 amide bonds. The summed E-state index contributed by atoms with van der Waals surface area (Å²) in [5, 5.41) is 4.82. The minimum absolute atomic E-state index is 0.720. The van der Waals surface area contributed by atoms with Gasteiger partial charge in [0.05, 0.1) is 12.1 Å². The van der Waals surface area contributed by atoms with Crippen LogP contribution in [0.2, 0.25) is 0 Å². The number of nitrogens with zero attached hydrogens (tertiary/aromatic N) is 1. The molecule has 0 aliphatic heterocycles. The number of hydrogen-bond donors (Lipinski definition) is 1. The maximum atomic E-state index is 5.86. The van der Waals surface area contributed by atoms with Crippen molar-refractivity contribution in [2.75, 3.05) is 6.61 Å². The molecule has 0 atom stereocenters. The number of rotatable bonds is 6. The molecule has 2 saturated carbocycles. The SMILES string of the molecule is c1ccc2c(CNC3CC3)cc(OCC3CC3)nc2c1. The van der Waals surface area contributed by atoms with Crippen LogP contribution >= 0.6 is 0 Å². The number of ether oxygens (including phenoxy) is 1. The lowest BCUT2D eigenvalue weighted by molar-refractivity contribution is 0.289. The quantitative estimate of drug-likeness (QED) is 0.873. The second-order valence-corrected chi connectivity index (χ2v) is 6.05. The van der Waals surface area contributed by atoms with E-state index in [1.165, 1.54) is 36.6 Å². The van der Waals surface area contributed by atoms with Crippen molar-refractivity contribution in [3.63, 3.8) is 0 Å².